The van der Waals surface area contributed by atoms with Crippen LogP contribution in [-0.2, 0) is 53.9 Å². The molecule has 0 bridgehead atoms. The number of hydroxylamine groups is 2. The summed E-state index contributed by atoms with van der Waals surface area (Å²) in [7, 11) is -3.03. The summed E-state index contributed by atoms with van der Waals surface area (Å²) < 4.78 is 46.0. The summed E-state index contributed by atoms with van der Waals surface area (Å²) in [5.41, 5.74) is 4.62. The molecule has 5 rings (SSSR count). The number of carbonyl (C=O) groups is 3. The van der Waals surface area contributed by atoms with Crippen LogP contribution in [0.4, 0.5) is 5.13 Å². The van der Waals surface area contributed by atoms with Gasteiger partial charge in [0.2, 0.25) is 6.20 Å². The van der Waals surface area contributed by atoms with E-state index >= 15 is 0 Å². The molecule has 0 aliphatic carbocycles. The van der Waals surface area contributed by atoms with Crippen molar-refractivity contribution in [3.05, 3.63) is 47.2 Å². The molecule has 0 saturated carbocycles. The zero-order valence-electron chi connectivity index (χ0n) is 27.4. The molecule has 3 aromatic rings. The van der Waals surface area contributed by atoms with Gasteiger partial charge in [-0.2, -0.15) is 18.2 Å². The quantitative estimate of drug-likeness (QED) is 0.0649. The number of hydrogen-bond donors (Lipinski definition) is 4. The number of rotatable bonds is 13. The van der Waals surface area contributed by atoms with E-state index in [4.69, 9.17) is 19.9 Å². The first-order valence-electron chi connectivity index (χ1n) is 15.3. The van der Waals surface area contributed by atoms with Gasteiger partial charge in [-0.25, -0.2) is 9.78 Å². The Morgan fingerprint density at radius 2 is 2.06 bits per heavy atom. The molecule has 2 aliphatic rings. The first kappa shape index (κ1) is 35.7. The number of nitrogen functional groups attached to an aromatic ring is 1. The maximum Gasteiger partial charge on any atom is 0.418 e. The first-order chi connectivity index (χ1) is 22.9. The van der Waals surface area contributed by atoms with E-state index in [-0.39, 0.29) is 17.2 Å². The van der Waals surface area contributed by atoms with Gasteiger partial charge in [-0.3, -0.25) is 14.1 Å². The minimum absolute atomic E-state index is 0.0669. The van der Waals surface area contributed by atoms with Gasteiger partial charge >= 0.3 is 16.4 Å². The maximum atomic E-state index is 13.5. The summed E-state index contributed by atoms with van der Waals surface area (Å²) in [6.45, 7) is 7.08. The number of oxime groups is 1. The highest BCUT2D eigenvalue weighted by molar-refractivity contribution is 7.80. The fourth-order valence-corrected chi connectivity index (χ4v) is 6.61. The van der Waals surface area contributed by atoms with Crippen molar-refractivity contribution < 1.29 is 51.0 Å². The number of nitrogens with zero attached hydrogens (tertiary/aromatic N) is 5. The molecular formula is C30H38N7O10S2+. The lowest BCUT2D eigenvalue weighted by molar-refractivity contribution is -0.753. The van der Waals surface area contributed by atoms with Crippen molar-refractivity contribution in [2.75, 3.05) is 5.73 Å². The van der Waals surface area contributed by atoms with E-state index in [1.165, 1.54) is 26.2 Å². The molecule has 1 saturated heterocycles. The Morgan fingerprint density at radius 1 is 1.33 bits per heavy atom. The van der Waals surface area contributed by atoms with Gasteiger partial charge in [0.15, 0.2) is 24.0 Å². The van der Waals surface area contributed by atoms with E-state index in [2.05, 4.69) is 37.5 Å². The lowest BCUT2D eigenvalue weighted by atomic mass is 9.84. The van der Waals surface area contributed by atoms with E-state index in [0.717, 1.165) is 47.4 Å². The van der Waals surface area contributed by atoms with Crippen LogP contribution in [0.25, 0.3) is 11.1 Å². The smallest absolute Gasteiger partial charge is 0.418 e. The standard InChI is InChI=1S/C30H37N7O10S2/c1-6-7-12-36-15-19(14-35(36)5)17-8-10-21-18(13-17)9-11-22(45-21)30(4,27(40)41)46-34-23(20-16-48-28(31)32-20)25(38)33-24-26(39)37(29(24,2)3)47-49(42,43)44/h8,10,13-16,22,24H,6-7,9,11-12H2,1-5H3,(H4-,31,32,33,38,40,41,42,43,44)/p+1/b34-23-/t22-,24-,30-/m1/s1. The minimum Gasteiger partial charge on any atom is -0.485 e. The number of fused-ring (bicyclic) bond motifs is 1. The Kier molecular flexibility index (Phi) is 9.75. The van der Waals surface area contributed by atoms with Gasteiger partial charge in [-0.05, 0) is 63.3 Å². The zero-order valence-corrected chi connectivity index (χ0v) is 29.1. The molecule has 19 heteroatoms. The average Bonchev–Trinajstić information content (AvgIpc) is 3.64. The summed E-state index contributed by atoms with van der Waals surface area (Å²) >= 11 is 0.978. The Labute approximate surface area is 286 Å². The molecule has 1 fully saturated rings. The SMILES string of the molecule is CCCCn1cc(-c2ccc3c(c2)CC[C@H]([C@@](C)(O/N=C(\C(=O)N[C@@H]2C(=O)N(OS(=O)(=O)O)C2(C)C)c2csc(N)n2)C(=O)O)O3)c[n+]1C. The van der Waals surface area contributed by atoms with Crippen LogP contribution in [0, 0.1) is 0 Å². The van der Waals surface area contributed by atoms with Crippen LogP contribution in [0.15, 0.2) is 41.1 Å². The van der Waals surface area contributed by atoms with Crippen molar-refractivity contribution >= 4 is 50.4 Å². The largest absolute Gasteiger partial charge is 0.485 e. The van der Waals surface area contributed by atoms with Crippen molar-refractivity contribution in [3.63, 3.8) is 0 Å². The first-order valence-corrected chi connectivity index (χ1v) is 17.6. The van der Waals surface area contributed by atoms with Gasteiger partial charge in [0.25, 0.3) is 17.4 Å². The number of β-lactam (4-membered cyclic amide) rings is 1. The Balaban J connectivity index is 1.36. The molecule has 0 spiro atoms. The zero-order chi connectivity index (χ0) is 35.9. The topological polar surface area (TPSA) is 229 Å². The molecule has 2 aromatic heterocycles. The van der Waals surface area contributed by atoms with Gasteiger partial charge in [0, 0.05) is 5.38 Å². The molecule has 0 unspecified atom stereocenters. The lowest BCUT2D eigenvalue weighted by Crippen LogP contribution is -2.76. The number of hydrogen-bond acceptors (Lipinski definition) is 12. The Hall–Kier alpha value is -4.59. The molecule has 264 valence electrons. The number of carboxylic acid groups (broad SMARTS) is 1. The van der Waals surface area contributed by atoms with Gasteiger partial charge in [0.1, 0.15) is 17.5 Å². The third-order valence-electron chi connectivity index (χ3n) is 8.57. The molecule has 4 heterocycles. The number of amides is 2. The molecule has 49 heavy (non-hydrogen) atoms. The highest BCUT2D eigenvalue weighted by Gasteiger charge is 2.58. The number of aliphatic carboxylic acids is 1. The Morgan fingerprint density at radius 3 is 2.67 bits per heavy atom. The molecule has 3 atom stereocenters. The van der Waals surface area contributed by atoms with Crippen LogP contribution in [0.2, 0.25) is 0 Å². The fourth-order valence-electron chi connectivity index (χ4n) is 5.60. The number of unbranched alkanes of at least 4 members (excludes halogenated alkanes) is 1. The van der Waals surface area contributed by atoms with E-state index in [1.54, 1.807) is 6.07 Å². The minimum atomic E-state index is -5.02. The van der Waals surface area contributed by atoms with Crippen LogP contribution in [0.3, 0.4) is 0 Å². The van der Waals surface area contributed by atoms with Crippen LogP contribution < -0.4 is 20.5 Å². The summed E-state index contributed by atoms with van der Waals surface area (Å²) in [6.07, 6.45) is 5.98. The molecule has 2 amide bonds. The van der Waals surface area contributed by atoms with Gasteiger partial charge in [-0.15, -0.1) is 20.3 Å². The van der Waals surface area contributed by atoms with Gasteiger partial charge < -0.3 is 25.7 Å². The number of benzene rings is 1. The van der Waals surface area contributed by atoms with E-state index < -0.39 is 57.2 Å². The van der Waals surface area contributed by atoms with Crippen molar-refractivity contribution in [1.29, 1.82) is 0 Å². The highest BCUT2D eigenvalue weighted by Crippen LogP contribution is 2.37. The fraction of sp³-hybridized carbons (Fsp3) is 0.467. The van der Waals surface area contributed by atoms with Crippen molar-refractivity contribution in [3.8, 4) is 16.9 Å². The predicted octanol–water partition coefficient (Wildman–Crippen LogP) is 1.62. The lowest BCUT2D eigenvalue weighted by Gasteiger charge is -2.50. The van der Waals surface area contributed by atoms with E-state index in [9.17, 15) is 27.9 Å². The summed E-state index contributed by atoms with van der Waals surface area (Å²) in [4.78, 5) is 48.4. The summed E-state index contributed by atoms with van der Waals surface area (Å²) in [5, 5.41) is 18.5. The van der Waals surface area contributed by atoms with Gasteiger partial charge in [0.05, 0.1) is 23.8 Å². The number of aromatic nitrogens is 3. The molecule has 1 aromatic carbocycles. The summed E-state index contributed by atoms with van der Waals surface area (Å²) in [6, 6.07) is 4.38. The van der Waals surface area contributed by atoms with Crippen LogP contribution in [0.1, 0.15) is 58.2 Å². The van der Waals surface area contributed by atoms with Crippen LogP contribution >= 0.6 is 11.3 Å². The second-order valence-corrected chi connectivity index (χ2v) is 14.4. The Bertz CT molecular complexity index is 1920. The third kappa shape index (κ3) is 7.24. The monoisotopic (exact) mass is 720 g/mol. The summed E-state index contributed by atoms with van der Waals surface area (Å²) in [5.74, 6) is -2.91. The van der Waals surface area contributed by atoms with E-state index in [1.807, 2.05) is 30.1 Å². The number of nitrogens with two attached hydrogens (primary N) is 1. The average molecular weight is 721 g/mol. The molecule has 0 radical (unpaired) electrons. The van der Waals surface area contributed by atoms with Crippen LogP contribution in [-0.4, -0.2) is 79.6 Å². The third-order valence-corrected chi connectivity index (χ3v) is 9.58. The molecule has 5 N–H and O–H groups in total. The van der Waals surface area contributed by atoms with Crippen molar-refractivity contribution in [2.24, 2.45) is 12.2 Å². The number of ether oxygens (including phenoxy) is 1. The number of anilines is 1. The van der Waals surface area contributed by atoms with Crippen LogP contribution in [0.5, 0.6) is 5.75 Å². The number of aryl methyl sites for hydroxylation is 3. The molecule has 17 nitrogen and oxygen atoms in total. The van der Waals surface area contributed by atoms with Gasteiger partial charge in [-0.1, -0.05) is 24.6 Å². The number of nitrogens with one attached hydrogen (secondary N) is 1. The molecular weight excluding hydrogens is 683 g/mol. The maximum absolute atomic E-state index is 13.5. The number of carboxylic acids is 1. The second kappa shape index (κ2) is 13.4. The number of thiazole rings is 1. The van der Waals surface area contributed by atoms with E-state index in [0.29, 0.717) is 17.2 Å². The normalized spacial score (nSPS) is 20.1. The second-order valence-electron chi connectivity index (χ2n) is 12.5. The highest BCUT2D eigenvalue weighted by atomic mass is 32.3. The predicted molar refractivity (Wildman–Crippen MR) is 174 cm³/mol. The number of carbonyl (C=O) groups excluding carboxylic acids is 2. The van der Waals surface area contributed by atoms with Crippen molar-refractivity contribution in [2.45, 2.75) is 83.2 Å². The molecule has 2 aliphatic heterocycles. The van der Waals surface area contributed by atoms with Crippen molar-refractivity contribution in [1.82, 2.24) is 20.0 Å².